The predicted molar refractivity (Wildman–Crippen MR) is 109 cm³/mol. The molecular weight excluding hydrogens is 388 g/mol. The van der Waals surface area contributed by atoms with Crippen LogP contribution in [0.2, 0.25) is 0 Å². The molecule has 0 saturated heterocycles. The number of nitrogens with zero attached hydrogens (tertiary/aromatic N) is 2. The number of fused-ring (bicyclic) bond motifs is 3. The molecule has 2 aliphatic rings. The minimum atomic E-state index is -0.156. The molecule has 0 unspecified atom stereocenters. The molecule has 0 spiro atoms. The van der Waals surface area contributed by atoms with Gasteiger partial charge in [-0.15, -0.1) is 0 Å². The molecule has 26 heavy (non-hydrogen) atoms. The Hall–Kier alpha value is -1.81. The van der Waals surface area contributed by atoms with Gasteiger partial charge in [-0.3, -0.25) is 0 Å². The molecule has 4 heteroatoms. The van der Waals surface area contributed by atoms with Gasteiger partial charge in [0.25, 0.3) is 0 Å². The molecule has 2 aromatic rings. The summed E-state index contributed by atoms with van der Waals surface area (Å²) in [5.41, 5.74) is 3.71. The quantitative estimate of drug-likeness (QED) is 0.498. The van der Waals surface area contributed by atoms with Crippen molar-refractivity contribution in [2.24, 2.45) is 5.10 Å². The van der Waals surface area contributed by atoms with Gasteiger partial charge < -0.3 is 4.74 Å². The van der Waals surface area contributed by atoms with E-state index in [0.29, 0.717) is 0 Å². The van der Waals surface area contributed by atoms with Crippen LogP contribution in [0.15, 0.2) is 58.1 Å². The van der Waals surface area contributed by atoms with E-state index in [2.05, 4.69) is 76.4 Å². The average Bonchev–Trinajstić information content (AvgIpc) is 3.10. The lowest BCUT2D eigenvalue weighted by molar-refractivity contribution is -0.0190. The molecule has 0 aliphatic carbocycles. The van der Waals surface area contributed by atoms with Crippen molar-refractivity contribution in [1.82, 2.24) is 5.01 Å². The van der Waals surface area contributed by atoms with E-state index >= 15 is 0 Å². The first kappa shape index (κ1) is 17.6. The lowest BCUT2D eigenvalue weighted by Gasteiger charge is -2.38. The molecule has 2 aromatic carbocycles. The summed E-state index contributed by atoms with van der Waals surface area (Å²) in [6, 6.07) is 17.1. The predicted octanol–water partition coefficient (Wildman–Crippen LogP) is 6.61. The summed E-state index contributed by atoms with van der Waals surface area (Å²) in [5.74, 6) is 0.990. The van der Waals surface area contributed by atoms with E-state index in [9.17, 15) is 0 Å². The highest BCUT2D eigenvalue weighted by atomic mass is 79.9. The minimum Gasteiger partial charge on any atom is -0.464 e. The number of hydrogen-bond donors (Lipinski definition) is 0. The first-order valence-electron chi connectivity index (χ1n) is 9.62. The second-order valence-corrected chi connectivity index (χ2v) is 8.05. The number of hydrogen-bond acceptors (Lipinski definition) is 3. The van der Waals surface area contributed by atoms with Gasteiger partial charge in [0.1, 0.15) is 5.75 Å². The van der Waals surface area contributed by atoms with Gasteiger partial charge in [0.05, 0.1) is 6.04 Å². The van der Waals surface area contributed by atoms with Gasteiger partial charge in [-0.1, -0.05) is 72.4 Å². The van der Waals surface area contributed by atoms with Crippen LogP contribution in [0.5, 0.6) is 5.75 Å². The van der Waals surface area contributed by atoms with Crippen molar-refractivity contribution in [3.8, 4) is 5.75 Å². The van der Waals surface area contributed by atoms with E-state index in [4.69, 9.17) is 9.84 Å². The summed E-state index contributed by atoms with van der Waals surface area (Å²) in [4.78, 5) is 0. The molecular formula is C22H25BrN2O. The molecule has 0 amide bonds. The van der Waals surface area contributed by atoms with Crippen molar-refractivity contribution in [3.05, 3.63) is 64.1 Å². The second-order valence-electron chi connectivity index (χ2n) is 7.14. The number of rotatable bonds is 6. The van der Waals surface area contributed by atoms with Crippen LogP contribution >= 0.6 is 15.9 Å². The fraction of sp³-hybridized carbons (Fsp3) is 0.409. The van der Waals surface area contributed by atoms with Crippen LogP contribution in [0.4, 0.5) is 0 Å². The molecule has 4 rings (SSSR count). The van der Waals surface area contributed by atoms with Gasteiger partial charge in [0, 0.05) is 27.7 Å². The highest BCUT2D eigenvalue weighted by molar-refractivity contribution is 9.10. The molecule has 2 aliphatic heterocycles. The number of halogens is 1. The summed E-state index contributed by atoms with van der Waals surface area (Å²) in [6.45, 7) is 2.25. The first-order valence-corrected chi connectivity index (χ1v) is 10.4. The summed E-state index contributed by atoms with van der Waals surface area (Å²) in [6.07, 6.45) is 7.07. The van der Waals surface area contributed by atoms with Crippen molar-refractivity contribution in [2.45, 2.75) is 57.7 Å². The Balaban J connectivity index is 1.60. The van der Waals surface area contributed by atoms with Crippen LogP contribution in [-0.2, 0) is 0 Å². The first-order chi connectivity index (χ1) is 12.8. The van der Waals surface area contributed by atoms with E-state index < -0.39 is 0 Å². The van der Waals surface area contributed by atoms with Crippen LogP contribution in [0.25, 0.3) is 0 Å². The topological polar surface area (TPSA) is 24.8 Å². The van der Waals surface area contributed by atoms with E-state index in [1.54, 1.807) is 0 Å². The lowest BCUT2D eigenvalue weighted by Crippen LogP contribution is -2.33. The zero-order chi connectivity index (χ0) is 17.9. The second kappa shape index (κ2) is 7.83. The third-order valence-electron chi connectivity index (χ3n) is 5.24. The molecule has 0 radical (unpaired) electrons. The summed E-state index contributed by atoms with van der Waals surface area (Å²) < 4.78 is 7.45. The summed E-state index contributed by atoms with van der Waals surface area (Å²) in [5, 5.41) is 7.18. The third kappa shape index (κ3) is 3.52. The maximum Gasteiger partial charge on any atom is 0.213 e. The van der Waals surface area contributed by atoms with Crippen molar-refractivity contribution in [2.75, 3.05) is 0 Å². The molecule has 0 bridgehead atoms. The molecule has 0 saturated carbocycles. The third-order valence-corrected chi connectivity index (χ3v) is 5.76. The Morgan fingerprint density at radius 1 is 1.08 bits per heavy atom. The fourth-order valence-corrected chi connectivity index (χ4v) is 4.12. The van der Waals surface area contributed by atoms with Crippen molar-refractivity contribution in [1.29, 1.82) is 0 Å². The van der Waals surface area contributed by atoms with Gasteiger partial charge in [-0.05, 0) is 31.0 Å². The van der Waals surface area contributed by atoms with Crippen LogP contribution in [0.1, 0.15) is 68.8 Å². The van der Waals surface area contributed by atoms with Crippen LogP contribution in [-0.4, -0.2) is 10.7 Å². The van der Waals surface area contributed by atoms with Crippen LogP contribution < -0.4 is 4.74 Å². The van der Waals surface area contributed by atoms with E-state index in [1.807, 2.05) is 0 Å². The zero-order valence-corrected chi connectivity index (χ0v) is 16.8. The summed E-state index contributed by atoms with van der Waals surface area (Å²) >= 11 is 3.52. The number of benzene rings is 2. The highest BCUT2D eigenvalue weighted by Gasteiger charge is 2.40. The van der Waals surface area contributed by atoms with Crippen LogP contribution in [0.3, 0.4) is 0 Å². The maximum atomic E-state index is 6.37. The van der Waals surface area contributed by atoms with Gasteiger partial charge in [-0.2, -0.15) is 5.10 Å². The zero-order valence-electron chi connectivity index (χ0n) is 15.2. The van der Waals surface area contributed by atoms with E-state index in [-0.39, 0.29) is 12.3 Å². The van der Waals surface area contributed by atoms with Gasteiger partial charge in [0.2, 0.25) is 6.23 Å². The number of ether oxygens (including phenoxy) is 1. The smallest absolute Gasteiger partial charge is 0.213 e. The number of unbranched alkanes of at least 4 members (excludes halogenated alkanes) is 3. The van der Waals surface area contributed by atoms with E-state index in [1.165, 1.54) is 37.0 Å². The molecule has 3 nitrogen and oxygen atoms in total. The minimum absolute atomic E-state index is 0.156. The average molecular weight is 413 g/mol. The Bertz CT molecular complexity index is 787. The molecule has 0 N–H and O–H groups in total. The van der Waals surface area contributed by atoms with Crippen molar-refractivity contribution < 1.29 is 4.74 Å². The van der Waals surface area contributed by atoms with Gasteiger partial charge in [0.15, 0.2) is 0 Å². The van der Waals surface area contributed by atoms with Gasteiger partial charge >= 0.3 is 0 Å². The molecule has 0 fully saturated rings. The SMILES string of the molecule is CCCCCCC1=NN2[C@H](C1)c1ccccc1O[C@H]2c1ccc(Br)cc1. The number of para-hydroxylation sites is 1. The summed E-state index contributed by atoms with van der Waals surface area (Å²) in [7, 11) is 0. The Morgan fingerprint density at radius 2 is 1.88 bits per heavy atom. The Morgan fingerprint density at radius 3 is 2.69 bits per heavy atom. The Kier molecular flexibility index (Phi) is 5.30. The Labute approximate surface area is 164 Å². The van der Waals surface area contributed by atoms with Crippen molar-refractivity contribution in [3.63, 3.8) is 0 Å². The monoisotopic (exact) mass is 412 g/mol. The number of hydrazone groups is 1. The van der Waals surface area contributed by atoms with E-state index in [0.717, 1.165) is 28.6 Å². The van der Waals surface area contributed by atoms with Crippen molar-refractivity contribution >= 4 is 21.6 Å². The molecule has 136 valence electrons. The van der Waals surface area contributed by atoms with Gasteiger partial charge in [-0.25, -0.2) is 5.01 Å². The largest absolute Gasteiger partial charge is 0.464 e. The molecule has 2 atom stereocenters. The normalized spacial score (nSPS) is 21.0. The lowest BCUT2D eigenvalue weighted by atomic mass is 9.96. The maximum absolute atomic E-state index is 6.37. The molecule has 0 aromatic heterocycles. The molecule has 2 heterocycles. The highest BCUT2D eigenvalue weighted by Crippen LogP contribution is 2.47. The fourth-order valence-electron chi connectivity index (χ4n) is 3.85. The standard InChI is InChI=1S/C22H25BrN2O/c1-2-3-4-5-8-18-15-20-19-9-6-7-10-21(19)26-22(25(20)24-18)16-11-13-17(23)14-12-16/h6-7,9-14,20,22H,2-5,8,15H2,1H3/t20-,22+/m1/s1. The van der Waals surface area contributed by atoms with Crippen LogP contribution in [0, 0.1) is 0 Å².